The van der Waals surface area contributed by atoms with Gasteiger partial charge in [-0.3, -0.25) is 14.7 Å². The van der Waals surface area contributed by atoms with Crippen molar-refractivity contribution >= 4 is 44.2 Å². The number of rotatable bonds is 4. The summed E-state index contributed by atoms with van der Waals surface area (Å²) < 4.78 is 6.07. The van der Waals surface area contributed by atoms with Crippen LogP contribution in [-0.4, -0.2) is 21.0 Å². The van der Waals surface area contributed by atoms with Gasteiger partial charge in [-0.2, -0.15) is 0 Å². The third kappa shape index (κ3) is 3.31. The molecule has 0 spiro atoms. The first-order chi connectivity index (χ1) is 12.6. The van der Waals surface area contributed by atoms with E-state index in [-0.39, 0.29) is 11.7 Å². The monoisotopic (exact) mass is 384 g/mol. The predicted octanol–water partition coefficient (Wildman–Crippen LogP) is 4.49. The van der Waals surface area contributed by atoms with Gasteiger partial charge in [-0.15, -0.1) is 0 Å². The van der Waals surface area contributed by atoms with Crippen LogP contribution in [0, 0.1) is 6.92 Å². The van der Waals surface area contributed by atoms with Gasteiger partial charge in [0.1, 0.15) is 0 Å². The van der Waals surface area contributed by atoms with E-state index in [1.165, 1.54) is 11.3 Å². The van der Waals surface area contributed by atoms with E-state index in [0.717, 1.165) is 15.8 Å². The maximum absolute atomic E-state index is 13.0. The van der Waals surface area contributed by atoms with Gasteiger partial charge >= 0.3 is 0 Å². The SMILES string of the molecule is Cc1cc(C(=O)N(Cc2cccnc2)c2nc3ccc(Cl)cc3s2)on1. The summed E-state index contributed by atoms with van der Waals surface area (Å²) in [5.74, 6) is -0.136. The van der Waals surface area contributed by atoms with E-state index >= 15 is 0 Å². The van der Waals surface area contributed by atoms with Gasteiger partial charge < -0.3 is 4.52 Å². The zero-order valence-electron chi connectivity index (χ0n) is 13.7. The molecule has 6 nitrogen and oxygen atoms in total. The van der Waals surface area contributed by atoms with E-state index in [2.05, 4.69) is 15.1 Å². The van der Waals surface area contributed by atoms with Gasteiger partial charge in [0.2, 0.25) is 5.76 Å². The Labute approximate surface area is 158 Å². The van der Waals surface area contributed by atoms with Gasteiger partial charge in [0.25, 0.3) is 5.91 Å². The minimum Gasteiger partial charge on any atom is -0.351 e. The lowest BCUT2D eigenvalue weighted by Gasteiger charge is -2.18. The number of nitrogens with zero attached hydrogens (tertiary/aromatic N) is 4. The van der Waals surface area contributed by atoms with Crippen molar-refractivity contribution in [2.24, 2.45) is 0 Å². The van der Waals surface area contributed by atoms with E-state index in [4.69, 9.17) is 16.1 Å². The smallest absolute Gasteiger partial charge is 0.298 e. The number of amides is 1. The number of hydrogen-bond donors (Lipinski definition) is 0. The van der Waals surface area contributed by atoms with Crippen LogP contribution in [0.25, 0.3) is 10.2 Å². The summed E-state index contributed by atoms with van der Waals surface area (Å²) in [6.07, 6.45) is 3.41. The van der Waals surface area contributed by atoms with Crippen LogP contribution < -0.4 is 4.90 Å². The van der Waals surface area contributed by atoms with Crippen LogP contribution in [0.4, 0.5) is 5.13 Å². The van der Waals surface area contributed by atoms with Crippen molar-refractivity contribution in [2.45, 2.75) is 13.5 Å². The Morgan fingerprint density at radius 1 is 1.31 bits per heavy atom. The average Bonchev–Trinajstić information content (AvgIpc) is 3.25. The molecule has 0 saturated heterocycles. The maximum Gasteiger partial charge on any atom is 0.298 e. The molecule has 0 saturated carbocycles. The highest BCUT2D eigenvalue weighted by Gasteiger charge is 2.25. The number of pyridine rings is 1. The quantitative estimate of drug-likeness (QED) is 0.518. The van der Waals surface area contributed by atoms with E-state index in [1.807, 2.05) is 24.3 Å². The number of carbonyl (C=O) groups excluding carboxylic acids is 1. The summed E-state index contributed by atoms with van der Waals surface area (Å²) in [6.45, 7) is 2.09. The molecule has 3 heterocycles. The molecule has 8 heteroatoms. The van der Waals surface area contributed by atoms with Crippen LogP contribution in [0.3, 0.4) is 0 Å². The second kappa shape index (κ2) is 6.86. The molecule has 0 bridgehead atoms. The van der Waals surface area contributed by atoms with Gasteiger partial charge in [-0.25, -0.2) is 4.98 Å². The van der Waals surface area contributed by atoms with Gasteiger partial charge in [0.05, 0.1) is 22.5 Å². The number of benzene rings is 1. The molecule has 0 fully saturated rings. The molecule has 1 amide bonds. The van der Waals surface area contributed by atoms with Crippen LogP contribution in [0.2, 0.25) is 5.02 Å². The zero-order valence-corrected chi connectivity index (χ0v) is 15.3. The molecule has 3 aromatic heterocycles. The molecule has 0 radical (unpaired) electrons. The molecule has 0 unspecified atom stereocenters. The van der Waals surface area contributed by atoms with Gasteiger partial charge in [-0.1, -0.05) is 34.2 Å². The largest absolute Gasteiger partial charge is 0.351 e. The molecule has 26 heavy (non-hydrogen) atoms. The highest BCUT2D eigenvalue weighted by atomic mass is 35.5. The summed E-state index contributed by atoms with van der Waals surface area (Å²) in [5.41, 5.74) is 2.31. The second-order valence-electron chi connectivity index (χ2n) is 5.69. The summed E-state index contributed by atoms with van der Waals surface area (Å²) in [5, 5.41) is 4.99. The van der Waals surface area contributed by atoms with Crippen molar-refractivity contribution in [3.05, 3.63) is 70.8 Å². The van der Waals surface area contributed by atoms with Crippen LogP contribution in [0.15, 0.2) is 53.3 Å². The van der Waals surface area contributed by atoms with Crippen LogP contribution in [-0.2, 0) is 6.54 Å². The van der Waals surface area contributed by atoms with Crippen molar-refractivity contribution in [1.29, 1.82) is 0 Å². The average molecular weight is 385 g/mol. The summed E-state index contributed by atoms with van der Waals surface area (Å²) in [7, 11) is 0. The molecular weight excluding hydrogens is 372 g/mol. The summed E-state index contributed by atoms with van der Waals surface area (Å²) in [6, 6.07) is 10.8. The van der Waals surface area contributed by atoms with Crippen molar-refractivity contribution in [3.8, 4) is 0 Å². The molecular formula is C18H13ClN4O2S. The van der Waals surface area contributed by atoms with Gasteiger partial charge in [-0.05, 0) is 36.8 Å². The lowest BCUT2D eigenvalue weighted by Crippen LogP contribution is -2.30. The highest BCUT2D eigenvalue weighted by Crippen LogP contribution is 2.32. The van der Waals surface area contributed by atoms with E-state index in [1.54, 1.807) is 36.4 Å². The molecule has 0 aliphatic carbocycles. The molecule has 0 aliphatic rings. The molecule has 0 aliphatic heterocycles. The van der Waals surface area contributed by atoms with Crippen molar-refractivity contribution in [2.75, 3.05) is 4.90 Å². The van der Waals surface area contributed by atoms with Crippen LogP contribution >= 0.6 is 22.9 Å². The Bertz CT molecular complexity index is 1080. The van der Waals surface area contributed by atoms with Gasteiger partial charge in [0, 0.05) is 23.5 Å². The van der Waals surface area contributed by atoms with E-state index in [0.29, 0.717) is 22.4 Å². The zero-order chi connectivity index (χ0) is 18.1. The Balaban J connectivity index is 1.76. The normalized spacial score (nSPS) is 11.0. The van der Waals surface area contributed by atoms with Crippen LogP contribution in [0.5, 0.6) is 0 Å². The first-order valence-electron chi connectivity index (χ1n) is 7.80. The second-order valence-corrected chi connectivity index (χ2v) is 7.14. The predicted molar refractivity (Wildman–Crippen MR) is 101 cm³/mol. The van der Waals surface area contributed by atoms with E-state index in [9.17, 15) is 4.79 Å². The lowest BCUT2D eigenvalue weighted by molar-refractivity contribution is 0.0949. The number of thiazole rings is 1. The third-order valence-electron chi connectivity index (χ3n) is 3.72. The maximum atomic E-state index is 13.0. The lowest BCUT2D eigenvalue weighted by atomic mass is 10.2. The molecule has 1 aromatic carbocycles. The third-order valence-corrected chi connectivity index (χ3v) is 4.99. The Kier molecular flexibility index (Phi) is 4.40. The fourth-order valence-corrected chi connectivity index (χ4v) is 3.74. The highest BCUT2D eigenvalue weighted by molar-refractivity contribution is 7.22. The van der Waals surface area contributed by atoms with E-state index < -0.39 is 0 Å². The summed E-state index contributed by atoms with van der Waals surface area (Å²) in [4.78, 5) is 23.3. The minimum atomic E-state index is -0.306. The Hall–Kier alpha value is -2.77. The van der Waals surface area contributed by atoms with Crippen LogP contribution in [0.1, 0.15) is 21.8 Å². The Morgan fingerprint density at radius 3 is 2.92 bits per heavy atom. The Morgan fingerprint density at radius 2 is 2.19 bits per heavy atom. The molecule has 130 valence electrons. The topological polar surface area (TPSA) is 72.1 Å². The number of carbonyl (C=O) groups is 1. The standard InChI is InChI=1S/C18H13ClN4O2S/c1-11-7-15(25-22-11)17(24)23(10-12-3-2-6-20-9-12)18-21-14-5-4-13(19)8-16(14)26-18/h2-9H,10H2,1H3. The molecule has 4 rings (SSSR count). The van der Waals surface area contributed by atoms with Crippen molar-refractivity contribution < 1.29 is 9.32 Å². The first-order valence-corrected chi connectivity index (χ1v) is 9.00. The number of fused-ring (bicyclic) bond motifs is 1. The number of hydrogen-bond acceptors (Lipinski definition) is 6. The van der Waals surface area contributed by atoms with Gasteiger partial charge in [0.15, 0.2) is 5.13 Å². The molecule has 0 N–H and O–H groups in total. The number of anilines is 1. The number of aryl methyl sites for hydroxylation is 1. The first kappa shape index (κ1) is 16.7. The minimum absolute atomic E-state index is 0.170. The van der Waals surface area contributed by atoms with Crippen molar-refractivity contribution in [1.82, 2.24) is 15.1 Å². The molecule has 0 atom stereocenters. The summed E-state index contributed by atoms with van der Waals surface area (Å²) >= 11 is 7.46. The van der Waals surface area contributed by atoms with Crippen molar-refractivity contribution in [3.63, 3.8) is 0 Å². The fourth-order valence-electron chi connectivity index (χ4n) is 2.50. The molecule has 4 aromatic rings. The fraction of sp³-hybridized carbons (Fsp3) is 0.111. The number of halogens is 1. The number of aromatic nitrogens is 3.